The van der Waals surface area contributed by atoms with Crippen LogP contribution in [-0.4, -0.2) is 52.8 Å². The first kappa shape index (κ1) is 21.6. The van der Waals surface area contributed by atoms with Crippen LogP contribution in [-0.2, 0) is 15.7 Å². The standard InChI is InChI=1S/C9H18O4.C6H3F4NO/c1-6(2)13-5-8-9(11)7(10)3-4-12-8;7-6(8,9)4-2-1-3-5(11-4)12-10/h6-11H,3-5H2,1-2H3;1-3H. The molecule has 0 saturated carbocycles. The predicted octanol–water partition coefficient (Wildman–Crippen LogP) is 2.29. The van der Waals surface area contributed by atoms with Crippen LogP contribution in [0.1, 0.15) is 26.0 Å². The van der Waals surface area contributed by atoms with E-state index in [1.165, 1.54) is 0 Å². The minimum absolute atomic E-state index is 0.120. The second-order valence-corrected chi connectivity index (χ2v) is 5.57. The van der Waals surface area contributed by atoms with Gasteiger partial charge in [-0.05, 0) is 26.3 Å². The molecule has 1 aromatic heterocycles. The number of ether oxygens (including phenoxy) is 2. The molecule has 6 nitrogen and oxygen atoms in total. The highest BCUT2D eigenvalue weighted by Crippen LogP contribution is 2.28. The van der Waals surface area contributed by atoms with Crippen molar-refractivity contribution in [1.82, 2.24) is 4.98 Å². The van der Waals surface area contributed by atoms with Crippen molar-refractivity contribution in [2.24, 2.45) is 0 Å². The number of nitrogens with zero attached hydrogens (tertiary/aromatic N) is 1. The molecule has 1 aliphatic rings. The van der Waals surface area contributed by atoms with E-state index in [0.29, 0.717) is 19.6 Å². The summed E-state index contributed by atoms with van der Waals surface area (Å²) in [7, 11) is 0. The molecule has 0 spiro atoms. The van der Waals surface area contributed by atoms with Crippen LogP contribution in [0.15, 0.2) is 18.2 Å². The second kappa shape index (κ2) is 9.85. The molecule has 1 fully saturated rings. The number of hydrogen-bond acceptors (Lipinski definition) is 6. The maximum absolute atomic E-state index is 11.9. The van der Waals surface area contributed by atoms with Crippen molar-refractivity contribution < 1.29 is 42.3 Å². The van der Waals surface area contributed by atoms with Gasteiger partial charge in [0.1, 0.15) is 17.9 Å². The number of aliphatic hydroxyl groups is 2. The number of aromatic nitrogens is 1. The number of aliphatic hydroxyl groups excluding tert-OH is 2. The van der Waals surface area contributed by atoms with Gasteiger partial charge in [0.25, 0.3) is 5.88 Å². The summed E-state index contributed by atoms with van der Waals surface area (Å²) in [5.41, 5.74) is -1.18. The number of pyridine rings is 1. The molecule has 25 heavy (non-hydrogen) atoms. The molecule has 0 aromatic carbocycles. The molecule has 0 amide bonds. The molecule has 0 aliphatic carbocycles. The summed E-state index contributed by atoms with van der Waals surface area (Å²) < 4.78 is 57.5. The summed E-state index contributed by atoms with van der Waals surface area (Å²) in [6.07, 6.45) is -5.82. The molecule has 10 heteroatoms. The Bertz CT molecular complexity index is 515. The minimum Gasteiger partial charge on any atom is -0.390 e. The molecule has 3 unspecified atom stereocenters. The first-order chi connectivity index (χ1) is 11.6. The van der Waals surface area contributed by atoms with Crippen LogP contribution < -0.4 is 4.94 Å². The molecule has 0 radical (unpaired) electrons. The molecule has 144 valence electrons. The summed E-state index contributed by atoms with van der Waals surface area (Å²) >= 11 is 0. The fourth-order valence-corrected chi connectivity index (χ4v) is 1.91. The van der Waals surface area contributed by atoms with Gasteiger partial charge in [0.15, 0.2) is 0 Å². The van der Waals surface area contributed by atoms with E-state index in [1.807, 2.05) is 13.8 Å². The number of halogens is 4. The maximum atomic E-state index is 11.9. The molecular formula is C15H21F4NO5. The molecule has 2 rings (SSSR count). The lowest BCUT2D eigenvalue weighted by molar-refractivity contribution is -0.159. The Balaban J connectivity index is 0.000000251. The second-order valence-electron chi connectivity index (χ2n) is 5.57. The third-order valence-electron chi connectivity index (χ3n) is 3.21. The van der Waals surface area contributed by atoms with Crippen molar-refractivity contribution in [2.75, 3.05) is 13.2 Å². The van der Waals surface area contributed by atoms with E-state index >= 15 is 0 Å². The molecule has 1 aromatic rings. The van der Waals surface area contributed by atoms with E-state index in [4.69, 9.17) is 9.47 Å². The lowest BCUT2D eigenvalue weighted by Gasteiger charge is -2.32. The van der Waals surface area contributed by atoms with E-state index in [1.54, 1.807) is 0 Å². The van der Waals surface area contributed by atoms with Crippen LogP contribution in [0, 0.1) is 0 Å². The maximum Gasteiger partial charge on any atom is 0.433 e. The highest BCUT2D eigenvalue weighted by Gasteiger charge is 2.33. The van der Waals surface area contributed by atoms with Crippen LogP contribution in [0.3, 0.4) is 0 Å². The Morgan fingerprint density at radius 3 is 2.56 bits per heavy atom. The summed E-state index contributed by atoms with van der Waals surface area (Å²) in [4.78, 5) is 5.88. The highest BCUT2D eigenvalue weighted by atomic mass is 19.4. The van der Waals surface area contributed by atoms with E-state index in [-0.39, 0.29) is 12.2 Å². The average molecular weight is 371 g/mol. The van der Waals surface area contributed by atoms with Gasteiger partial charge in [-0.3, -0.25) is 4.94 Å². The van der Waals surface area contributed by atoms with Gasteiger partial charge in [-0.15, -0.1) is 0 Å². The molecule has 2 heterocycles. The Morgan fingerprint density at radius 1 is 1.32 bits per heavy atom. The van der Waals surface area contributed by atoms with E-state index in [2.05, 4.69) is 9.93 Å². The van der Waals surface area contributed by atoms with Crippen LogP contribution >= 0.6 is 0 Å². The van der Waals surface area contributed by atoms with Gasteiger partial charge in [-0.25, -0.2) is 4.98 Å². The average Bonchev–Trinajstić information content (AvgIpc) is 2.56. The van der Waals surface area contributed by atoms with Gasteiger partial charge in [0.2, 0.25) is 0 Å². The van der Waals surface area contributed by atoms with Crippen molar-refractivity contribution in [3.05, 3.63) is 23.9 Å². The molecular weight excluding hydrogens is 350 g/mol. The van der Waals surface area contributed by atoms with Gasteiger partial charge in [-0.1, -0.05) is 6.07 Å². The summed E-state index contributed by atoms with van der Waals surface area (Å²) in [5.74, 6) is -0.704. The van der Waals surface area contributed by atoms with Gasteiger partial charge >= 0.3 is 6.18 Å². The fraction of sp³-hybridized carbons (Fsp3) is 0.667. The monoisotopic (exact) mass is 371 g/mol. The summed E-state index contributed by atoms with van der Waals surface area (Å²) in [6, 6.07) is 2.71. The smallest absolute Gasteiger partial charge is 0.390 e. The number of alkyl halides is 3. The van der Waals surface area contributed by atoms with E-state index < -0.39 is 30.0 Å². The van der Waals surface area contributed by atoms with Crippen molar-refractivity contribution >= 4 is 0 Å². The highest BCUT2D eigenvalue weighted by molar-refractivity contribution is 5.17. The lowest BCUT2D eigenvalue weighted by Crippen LogP contribution is -2.47. The molecule has 3 atom stereocenters. The number of hydrogen-bond donors (Lipinski definition) is 2. The zero-order chi connectivity index (χ0) is 19.0. The molecule has 0 bridgehead atoms. The van der Waals surface area contributed by atoms with Crippen molar-refractivity contribution in [3.63, 3.8) is 0 Å². The Labute approximate surface area is 142 Å². The largest absolute Gasteiger partial charge is 0.433 e. The van der Waals surface area contributed by atoms with Gasteiger partial charge in [-0.2, -0.15) is 13.2 Å². The SMILES string of the molecule is CC(C)OCC1OCCC(O)C1O.FOc1cccc(C(F)(F)F)n1. The Morgan fingerprint density at radius 2 is 2.00 bits per heavy atom. The zero-order valence-electron chi connectivity index (χ0n) is 13.7. The number of rotatable bonds is 4. The lowest BCUT2D eigenvalue weighted by atomic mass is 10.0. The van der Waals surface area contributed by atoms with Gasteiger partial charge in [0, 0.05) is 17.2 Å². The van der Waals surface area contributed by atoms with Crippen LogP contribution in [0.4, 0.5) is 17.7 Å². The Kier molecular flexibility index (Phi) is 8.50. The third kappa shape index (κ3) is 7.51. The van der Waals surface area contributed by atoms with Crippen LogP contribution in [0.5, 0.6) is 5.88 Å². The van der Waals surface area contributed by atoms with Gasteiger partial charge in [0.05, 0.1) is 18.8 Å². The quantitative estimate of drug-likeness (QED) is 0.791. The van der Waals surface area contributed by atoms with E-state index in [0.717, 1.165) is 18.2 Å². The first-order valence-corrected chi connectivity index (χ1v) is 7.57. The van der Waals surface area contributed by atoms with Gasteiger partial charge < -0.3 is 19.7 Å². The molecule has 2 N–H and O–H groups in total. The van der Waals surface area contributed by atoms with Crippen molar-refractivity contribution in [2.45, 2.75) is 50.9 Å². The summed E-state index contributed by atoms with van der Waals surface area (Å²) in [6.45, 7) is 4.68. The van der Waals surface area contributed by atoms with Crippen LogP contribution in [0.25, 0.3) is 0 Å². The van der Waals surface area contributed by atoms with Crippen molar-refractivity contribution in [1.29, 1.82) is 0 Å². The van der Waals surface area contributed by atoms with E-state index in [9.17, 15) is 27.9 Å². The molecule has 1 aliphatic heterocycles. The minimum atomic E-state index is -4.57. The topological polar surface area (TPSA) is 81.0 Å². The fourth-order valence-electron chi connectivity index (χ4n) is 1.91. The Hall–Kier alpha value is -1.49. The van der Waals surface area contributed by atoms with Crippen molar-refractivity contribution in [3.8, 4) is 5.88 Å². The molecule has 1 saturated heterocycles. The first-order valence-electron chi connectivity index (χ1n) is 7.57. The normalized spacial score (nSPS) is 23.8. The summed E-state index contributed by atoms with van der Waals surface area (Å²) in [5, 5.41) is 18.8. The third-order valence-corrected chi connectivity index (χ3v) is 3.21. The van der Waals surface area contributed by atoms with Crippen LogP contribution in [0.2, 0.25) is 0 Å². The zero-order valence-corrected chi connectivity index (χ0v) is 13.7. The predicted molar refractivity (Wildman–Crippen MR) is 78.4 cm³/mol.